The highest BCUT2D eigenvalue weighted by Crippen LogP contribution is 2.30. The lowest BCUT2D eigenvalue weighted by Gasteiger charge is -2.24. The van der Waals surface area contributed by atoms with Crippen LogP contribution in [0.2, 0.25) is 0 Å². The van der Waals surface area contributed by atoms with Gasteiger partial charge in [-0.3, -0.25) is 0 Å². The molecule has 3 heteroatoms. The minimum atomic E-state index is 0.250. The molecule has 0 bridgehead atoms. The van der Waals surface area contributed by atoms with Crippen LogP contribution in [0.3, 0.4) is 0 Å². The summed E-state index contributed by atoms with van der Waals surface area (Å²) in [5.41, 5.74) is 4.33. The Morgan fingerprint density at radius 1 is 1.31 bits per heavy atom. The van der Waals surface area contributed by atoms with E-state index >= 15 is 0 Å². The van der Waals surface area contributed by atoms with Crippen molar-refractivity contribution in [2.75, 3.05) is 11.4 Å². The van der Waals surface area contributed by atoms with Crippen LogP contribution >= 0.6 is 0 Å². The van der Waals surface area contributed by atoms with Gasteiger partial charge in [-0.25, -0.2) is 0 Å². The molecule has 0 aliphatic carbocycles. The predicted molar refractivity (Wildman–Crippen MR) is 62.4 cm³/mol. The summed E-state index contributed by atoms with van der Waals surface area (Å²) in [5.74, 6) is 0. The smallest absolute Gasteiger partial charge is 0.369 e. The van der Waals surface area contributed by atoms with Crippen LogP contribution in [0.15, 0.2) is 18.2 Å². The SMILES string of the molecule is Cc1ccc2c(c1)N(C(C)C)CC2.O=C=O. The molecule has 0 fully saturated rings. The number of carbonyl (C=O) groups excluding carboxylic acids is 2. The van der Waals surface area contributed by atoms with Gasteiger partial charge in [0.15, 0.2) is 0 Å². The molecule has 1 aromatic rings. The maximum Gasteiger partial charge on any atom is 0.373 e. The number of anilines is 1. The number of rotatable bonds is 1. The van der Waals surface area contributed by atoms with Crippen molar-refractivity contribution in [3.8, 4) is 0 Å². The maximum absolute atomic E-state index is 8.12. The van der Waals surface area contributed by atoms with E-state index in [9.17, 15) is 0 Å². The highest BCUT2D eigenvalue weighted by atomic mass is 16.2. The first-order chi connectivity index (χ1) is 7.60. The Bertz CT molecular complexity index is 393. The fourth-order valence-corrected chi connectivity index (χ4v) is 2.05. The van der Waals surface area contributed by atoms with Crippen LogP contribution in [0, 0.1) is 6.92 Å². The third-order valence-corrected chi connectivity index (χ3v) is 2.80. The predicted octanol–water partition coefficient (Wildman–Crippen LogP) is 2.18. The van der Waals surface area contributed by atoms with Crippen LogP contribution in [0.5, 0.6) is 0 Å². The van der Waals surface area contributed by atoms with Crippen LogP contribution in [-0.4, -0.2) is 18.7 Å². The van der Waals surface area contributed by atoms with Crippen molar-refractivity contribution in [1.82, 2.24) is 0 Å². The van der Waals surface area contributed by atoms with Crippen LogP contribution in [0.25, 0.3) is 0 Å². The number of aryl methyl sites for hydroxylation is 1. The van der Waals surface area contributed by atoms with E-state index in [1.165, 1.54) is 29.8 Å². The molecule has 0 radical (unpaired) electrons. The molecule has 0 unspecified atom stereocenters. The van der Waals surface area contributed by atoms with E-state index in [0.717, 1.165) is 0 Å². The Labute approximate surface area is 96.1 Å². The van der Waals surface area contributed by atoms with Gasteiger partial charge in [0, 0.05) is 18.3 Å². The van der Waals surface area contributed by atoms with E-state index in [1.54, 1.807) is 0 Å². The first-order valence-electron chi connectivity index (χ1n) is 5.45. The molecule has 86 valence electrons. The molecule has 0 atom stereocenters. The van der Waals surface area contributed by atoms with Crippen molar-refractivity contribution in [2.24, 2.45) is 0 Å². The highest BCUT2D eigenvalue weighted by Gasteiger charge is 2.20. The average Bonchev–Trinajstić information content (AvgIpc) is 2.61. The van der Waals surface area contributed by atoms with Gasteiger partial charge in [0.2, 0.25) is 0 Å². The molecular formula is C13H17NO2. The van der Waals surface area contributed by atoms with E-state index in [2.05, 4.69) is 43.9 Å². The molecule has 0 saturated heterocycles. The Morgan fingerprint density at radius 2 is 1.94 bits per heavy atom. The number of benzene rings is 1. The fraction of sp³-hybridized carbons (Fsp3) is 0.462. The summed E-state index contributed by atoms with van der Waals surface area (Å²) in [6.07, 6.45) is 1.47. The van der Waals surface area contributed by atoms with Gasteiger partial charge in [-0.1, -0.05) is 12.1 Å². The quantitative estimate of drug-likeness (QED) is 0.726. The Morgan fingerprint density at radius 3 is 2.50 bits per heavy atom. The van der Waals surface area contributed by atoms with E-state index in [4.69, 9.17) is 9.59 Å². The average molecular weight is 219 g/mol. The lowest BCUT2D eigenvalue weighted by atomic mass is 10.1. The standard InChI is InChI=1S/C12H17N.CO2/c1-9(2)13-7-6-11-5-4-10(3)8-12(11)13;2-1-3/h4-5,8-9H,6-7H2,1-3H3;. The first kappa shape index (κ1) is 12.5. The molecule has 0 saturated carbocycles. The summed E-state index contributed by atoms with van der Waals surface area (Å²) < 4.78 is 0. The third-order valence-electron chi connectivity index (χ3n) is 2.80. The second-order valence-electron chi connectivity index (χ2n) is 4.25. The summed E-state index contributed by atoms with van der Waals surface area (Å²) >= 11 is 0. The molecule has 1 aliphatic heterocycles. The van der Waals surface area contributed by atoms with E-state index < -0.39 is 0 Å². The van der Waals surface area contributed by atoms with Gasteiger partial charge >= 0.3 is 6.15 Å². The van der Waals surface area contributed by atoms with E-state index in [-0.39, 0.29) is 6.15 Å². The Kier molecular flexibility index (Phi) is 4.27. The lowest BCUT2D eigenvalue weighted by molar-refractivity contribution is -0.191. The zero-order valence-corrected chi connectivity index (χ0v) is 9.99. The van der Waals surface area contributed by atoms with E-state index in [0.29, 0.717) is 6.04 Å². The van der Waals surface area contributed by atoms with Gasteiger partial charge in [0.25, 0.3) is 0 Å². The van der Waals surface area contributed by atoms with Gasteiger partial charge in [-0.2, -0.15) is 9.59 Å². The lowest BCUT2D eigenvalue weighted by Crippen LogP contribution is -2.28. The van der Waals surface area contributed by atoms with Crippen molar-refractivity contribution in [3.05, 3.63) is 29.3 Å². The summed E-state index contributed by atoms with van der Waals surface area (Å²) in [7, 11) is 0. The number of nitrogens with zero attached hydrogens (tertiary/aromatic N) is 1. The van der Waals surface area contributed by atoms with Crippen molar-refractivity contribution in [1.29, 1.82) is 0 Å². The molecule has 1 heterocycles. The van der Waals surface area contributed by atoms with Crippen molar-refractivity contribution >= 4 is 11.8 Å². The van der Waals surface area contributed by atoms with E-state index in [1.807, 2.05) is 0 Å². The zero-order valence-electron chi connectivity index (χ0n) is 9.99. The second kappa shape index (κ2) is 5.47. The van der Waals surface area contributed by atoms with Gasteiger partial charge in [0.05, 0.1) is 0 Å². The Balaban J connectivity index is 0.000000386. The minimum absolute atomic E-state index is 0.250. The van der Waals surface area contributed by atoms with Crippen molar-refractivity contribution in [2.45, 2.75) is 33.2 Å². The number of fused-ring (bicyclic) bond motifs is 1. The molecule has 0 N–H and O–H groups in total. The molecule has 1 aromatic carbocycles. The minimum Gasteiger partial charge on any atom is -0.369 e. The number of hydrogen-bond acceptors (Lipinski definition) is 3. The maximum atomic E-state index is 8.12. The molecule has 0 amide bonds. The van der Waals surface area contributed by atoms with Crippen LogP contribution in [0.4, 0.5) is 5.69 Å². The largest absolute Gasteiger partial charge is 0.373 e. The monoisotopic (exact) mass is 219 g/mol. The van der Waals surface area contributed by atoms with Crippen LogP contribution in [0.1, 0.15) is 25.0 Å². The van der Waals surface area contributed by atoms with Crippen LogP contribution < -0.4 is 4.90 Å². The van der Waals surface area contributed by atoms with Gasteiger partial charge in [-0.05, 0) is 44.4 Å². The van der Waals surface area contributed by atoms with Crippen molar-refractivity contribution in [3.63, 3.8) is 0 Å². The van der Waals surface area contributed by atoms with Crippen molar-refractivity contribution < 1.29 is 9.59 Å². The topological polar surface area (TPSA) is 37.4 Å². The molecule has 2 rings (SSSR count). The first-order valence-corrected chi connectivity index (χ1v) is 5.45. The summed E-state index contributed by atoms with van der Waals surface area (Å²) in [4.78, 5) is 18.7. The zero-order chi connectivity index (χ0) is 12.1. The molecule has 3 nitrogen and oxygen atoms in total. The summed E-state index contributed by atoms with van der Waals surface area (Å²) in [6.45, 7) is 7.88. The molecule has 0 spiro atoms. The Hall–Kier alpha value is -1.60. The van der Waals surface area contributed by atoms with Crippen LogP contribution in [-0.2, 0) is 16.0 Å². The summed E-state index contributed by atoms with van der Waals surface area (Å²) in [6, 6.07) is 7.42. The third kappa shape index (κ3) is 2.71. The van der Waals surface area contributed by atoms with Gasteiger partial charge in [0.1, 0.15) is 0 Å². The molecule has 0 aromatic heterocycles. The second-order valence-corrected chi connectivity index (χ2v) is 4.25. The van der Waals surface area contributed by atoms with Gasteiger partial charge < -0.3 is 4.90 Å². The molecule has 1 aliphatic rings. The molecular weight excluding hydrogens is 202 g/mol. The summed E-state index contributed by atoms with van der Waals surface area (Å²) in [5, 5.41) is 0. The fourth-order valence-electron chi connectivity index (χ4n) is 2.05. The normalized spacial score (nSPS) is 12.9. The molecule has 16 heavy (non-hydrogen) atoms. The number of hydrogen-bond donors (Lipinski definition) is 0. The van der Waals surface area contributed by atoms with Gasteiger partial charge in [-0.15, -0.1) is 0 Å². The highest BCUT2D eigenvalue weighted by molar-refractivity contribution is 5.59.